The number of aliphatic hydroxyl groups is 1. The van der Waals surface area contributed by atoms with Crippen LogP contribution in [-0.2, 0) is 4.74 Å². The van der Waals surface area contributed by atoms with E-state index in [0.717, 1.165) is 19.8 Å². The minimum Gasteiger partial charge on any atom is -0.381 e. The molecule has 0 aromatic carbocycles. The van der Waals surface area contributed by atoms with E-state index in [1.807, 2.05) is 0 Å². The Balaban J connectivity index is 1.97. The summed E-state index contributed by atoms with van der Waals surface area (Å²) >= 11 is 0. The van der Waals surface area contributed by atoms with Crippen molar-refractivity contribution in [2.75, 3.05) is 0 Å². The second kappa shape index (κ2) is 3.35. The highest BCUT2D eigenvalue weighted by Gasteiger charge is 2.53. The van der Waals surface area contributed by atoms with Crippen LogP contribution in [0.2, 0.25) is 0 Å². The van der Waals surface area contributed by atoms with Gasteiger partial charge >= 0.3 is 6.18 Å². The summed E-state index contributed by atoms with van der Waals surface area (Å²) in [6, 6.07) is 0. The van der Waals surface area contributed by atoms with Gasteiger partial charge in [0.1, 0.15) is 0 Å². The highest BCUT2D eigenvalue weighted by molar-refractivity contribution is 4.94. The Morgan fingerprint density at radius 2 is 2.00 bits per heavy atom. The number of hydrogen-bond donors (Lipinski definition) is 1. The number of fused-ring (bicyclic) bond motifs is 2. The highest BCUT2D eigenvalue weighted by atomic mass is 19.4. The standard InChI is InChI=1S/C10H15F3O2/c1-9(14,10(11,12)13)5-6-4-7-2-3-8(6)15-7/h6-8,14H,2-5H2,1H3. The molecule has 15 heavy (non-hydrogen) atoms. The van der Waals surface area contributed by atoms with Crippen LogP contribution >= 0.6 is 0 Å². The molecule has 0 amide bonds. The van der Waals surface area contributed by atoms with Crippen molar-refractivity contribution in [2.24, 2.45) is 5.92 Å². The van der Waals surface area contributed by atoms with E-state index in [1.54, 1.807) is 0 Å². The van der Waals surface area contributed by atoms with Crippen molar-refractivity contribution in [3.63, 3.8) is 0 Å². The molecular formula is C10H15F3O2. The van der Waals surface area contributed by atoms with Crippen molar-refractivity contribution in [2.45, 2.75) is 56.6 Å². The maximum absolute atomic E-state index is 12.4. The molecule has 0 aromatic rings. The molecule has 1 N–H and O–H groups in total. The van der Waals surface area contributed by atoms with Crippen LogP contribution in [0.15, 0.2) is 0 Å². The fraction of sp³-hybridized carbons (Fsp3) is 1.00. The average Bonchev–Trinajstić information content (AvgIpc) is 2.61. The number of halogens is 3. The SMILES string of the molecule is CC(O)(CC1CC2CCC1O2)C(F)(F)F. The second-order valence-corrected chi connectivity index (χ2v) is 4.85. The van der Waals surface area contributed by atoms with Gasteiger partial charge in [-0.2, -0.15) is 13.2 Å². The summed E-state index contributed by atoms with van der Waals surface area (Å²) in [5.41, 5.74) is -2.58. The smallest absolute Gasteiger partial charge is 0.381 e. The molecule has 2 saturated heterocycles. The van der Waals surface area contributed by atoms with Crippen molar-refractivity contribution in [1.82, 2.24) is 0 Å². The zero-order valence-corrected chi connectivity index (χ0v) is 8.55. The Morgan fingerprint density at radius 3 is 2.40 bits per heavy atom. The molecule has 0 saturated carbocycles. The quantitative estimate of drug-likeness (QED) is 0.779. The Kier molecular flexibility index (Phi) is 2.50. The van der Waals surface area contributed by atoms with Gasteiger partial charge in [0, 0.05) is 0 Å². The van der Waals surface area contributed by atoms with E-state index < -0.39 is 11.8 Å². The largest absolute Gasteiger partial charge is 0.416 e. The van der Waals surface area contributed by atoms with Gasteiger partial charge in [-0.15, -0.1) is 0 Å². The summed E-state index contributed by atoms with van der Waals surface area (Å²) < 4.78 is 42.8. The lowest BCUT2D eigenvalue weighted by atomic mass is 9.81. The number of rotatable bonds is 2. The fourth-order valence-electron chi connectivity index (χ4n) is 2.58. The molecule has 2 aliphatic heterocycles. The summed E-state index contributed by atoms with van der Waals surface area (Å²) in [5, 5.41) is 9.36. The summed E-state index contributed by atoms with van der Waals surface area (Å²) in [4.78, 5) is 0. The molecule has 0 spiro atoms. The molecule has 2 aliphatic rings. The maximum Gasteiger partial charge on any atom is 0.416 e. The summed E-state index contributed by atoms with van der Waals surface area (Å²) in [6.45, 7) is 0.846. The molecule has 0 aliphatic carbocycles. The van der Waals surface area contributed by atoms with E-state index in [-0.39, 0.29) is 24.5 Å². The van der Waals surface area contributed by atoms with E-state index >= 15 is 0 Å². The van der Waals surface area contributed by atoms with Gasteiger partial charge in [-0.25, -0.2) is 0 Å². The fourth-order valence-corrected chi connectivity index (χ4v) is 2.58. The van der Waals surface area contributed by atoms with Gasteiger partial charge in [-0.1, -0.05) is 0 Å². The van der Waals surface area contributed by atoms with Crippen LogP contribution in [0, 0.1) is 5.92 Å². The number of ether oxygens (including phenoxy) is 1. The third-order valence-electron chi connectivity index (χ3n) is 3.50. The van der Waals surface area contributed by atoms with Crippen molar-refractivity contribution < 1.29 is 23.0 Å². The van der Waals surface area contributed by atoms with Gasteiger partial charge in [0.15, 0.2) is 5.60 Å². The van der Waals surface area contributed by atoms with Crippen molar-refractivity contribution >= 4 is 0 Å². The average molecular weight is 224 g/mol. The lowest BCUT2D eigenvalue weighted by molar-refractivity contribution is -0.259. The minimum absolute atomic E-state index is 0.0659. The molecule has 2 heterocycles. The third-order valence-corrected chi connectivity index (χ3v) is 3.50. The summed E-state index contributed by atoms with van der Waals surface area (Å²) in [7, 11) is 0. The number of hydrogen-bond acceptors (Lipinski definition) is 2. The van der Waals surface area contributed by atoms with Crippen LogP contribution < -0.4 is 0 Å². The van der Waals surface area contributed by atoms with Crippen LogP contribution in [0.1, 0.15) is 32.6 Å². The van der Waals surface area contributed by atoms with Crippen molar-refractivity contribution in [3.8, 4) is 0 Å². The zero-order valence-electron chi connectivity index (χ0n) is 8.55. The van der Waals surface area contributed by atoms with Gasteiger partial charge in [0.25, 0.3) is 0 Å². The van der Waals surface area contributed by atoms with Gasteiger partial charge in [-0.3, -0.25) is 0 Å². The van der Waals surface area contributed by atoms with Gasteiger partial charge in [0.05, 0.1) is 12.2 Å². The van der Waals surface area contributed by atoms with Crippen molar-refractivity contribution in [3.05, 3.63) is 0 Å². The van der Waals surface area contributed by atoms with E-state index in [0.29, 0.717) is 6.42 Å². The van der Waals surface area contributed by atoms with Crippen LogP contribution in [0.3, 0.4) is 0 Å². The topological polar surface area (TPSA) is 29.5 Å². The Bertz CT molecular complexity index is 250. The molecule has 0 radical (unpaired) electrons. The van der Waals surface area contributed by atoms with Crippen molar-refractivity contribution in [1.29, 1.82) is 0 Å². The molecule has 4 atom stereocenters. The van der Waals surface area contributed by atoms with E-state index in [9.17, 15) is 18.3 Å². The van der Waals surface area contributed by atoms with Gasteiger partial charge < -0.3 is 9.84 Å². The Morgan fingerprint density at radius 1 is 1.33 bits per heavy atom. The predicted molar refractivity (Wildman–Crippen MR) is 47.3 cm³/mol. The zero-order chi connectivity index (χ0) is 11.3. The molecule has 2 nitrogen and oxygen atoms in total. The van der Waals surface area contributed by atoms with Crippen LogP contribution in [0.5, 0.6) is 0 Å². The Labute approximate surface area is 86.4 Å². The molecular weight excluding hydrogens is 209 g/mol. The maximum atomic E-state index is 12.4. The molecule has 2 rings (SSSR count). The second-order valence-electron chi connectivity index (χ2n) is 4.85. The van der Waals surface area contributed by atoms with Crippen LogP contribution in [0.4, 0.5) is 13.2 Å². The lowest BCUT2D eigenvalue weighted by Gasteiger charge is -2.31. The first-order valence-electron chi connectivity index (χ1n) is 5.24. The first kappa shape index (κ1) is 11.2. The molecule has 0 aromatic heterocycles. The van der Waals surface area contributed by atoms with E-state index in [2.05, 4.69) is 0 Å². The Hall–Kier alpha value is -0.290. The predicted octanol–water partition coefficient (Wildman–Crippen LogP) is 2.26. The van der Waals surface area contributed by atoms with Gasteiger partial charge in [-0.05, 0) is 38.5 Å². The van der Waals surface area contributed by atoms with Crippen LogP contribution in [-0.4, -0.2) is 29.1 Å². The molecule has 88 valence electrons. The molecule has 4 unspecified atom stereocenters. The van der Waals surface area contributed by atoms with E-state index in [1.165, 1.54) is 0 Å². The molecule has 2 bridgehead atoms. The first-order chi connectivity index (χ1) is 6.79. The monoisotopic (exact) mass is 224 g/mol. The third kappa shape index (κ3) is 1.99. The highest BCUT2D eigenvalue weighted by Crippen LogP contribution is 2.45. The molecule has 5 heteroatoms. The van der Waals surface area contributed by atoms with E-state index in [4.69, 9.17) is 4.74 Å². The van der Waals surface area contributed by atoms with Crippen LogP contribution in [0.25, 0.3) is 0 Å². The summed E-state index contributed by atoms with van der Waals surface area (Å²) in [6.07, 6.45) is -2.27. The first-order valence-corrected chi connectivity index (χ1v) is 5.24. The molecule has 2 fully saturated rings. The normalized spacial score (nSPS) is 39.4. The summed E-state index contributed by atoms with van der Waals surface area (Å²) in [5.74, 6) is -0.139. The lowest BCUT2D eigenvalue weighted by Crippen LogP contribution is -2.44. The minimum atomic E-state index is -4.55. The van der Waals surface area contributed by atoms with Gasteiger partial charge in [0.2, 0.25) is 0 Å². The number of alkyl halides is 3.